The van der Waals surface area contributed by atoms with Crippen LogP contribution in [-0.2, 0) is 9.47 Å². The third kappa shape index (κ3) is 2.24. The van der Waals surface area contributed by atoms with Gasteiger partial charge in [-0.1, -0.05) is 44.2 Å². The van der Waals surface area contributed by atoms with Crippen LogP contribution in [0.4, 0.5) is 0 Å². The van der Waals surface area contributed by atoms with Crippen molar-refractivity contribution >= 4 is 0 Å². The molecule has 0 amide bonds. The van der Waals surface area contributed by atoms with Crippen LogP contribution in [0.3, 0.4) is 0 Å². The molecule has 4 atom stereocenters. The zero-order chi connectivity index (χ0) is 15.2. The van der Waals surface area contributed by atoms with E-state index in [0.29, 0.717) is 0 Å². The average molecular weight is 288 g/mol. The molecule has 2 bridgehead atoms. The molecule has 3 nitrogen and oxygen atoms in total. The van der Waals surface area contributed by atoms with E-state index in [9.17, 15) is 5.11 Å². The summed E-state index contributed by atoms with van der Waals surface area (Å²) >= 11 is 0. The highest BCUT2D eigenvalue weighted by Gasteiger charge is 2.52. The Morgan fingerprint density at radius 1 is 1.29 bits per heavy atom. The number of benzene rings is 1. The summed E-state index contributed by atoms with van der Waals surface area (Å²) in [5, 5.41) is 10.9. The van der Waals surface area contributed by atoms with Gasteiger partial charge in [-0.15, -0.1) is 0 Å². The molecule has 2 aliphatic rings. The molecule has 21 heavy (non-hydrogen) atoms. The summed E-state index contributed by atoms with van der Waals surface area (Å²) < 4.78 is 11.5. The molecule has 0 radical (unpaired) electrons. The number of hydrogen-bond acceptors (Lipinski definition) is 3. The van der Waals surface area contributed by atoms with E-state index in [0.717, 1.165) is 23.1 Å². The SMILES string of the molecule is CO[C@H]1O[C@H]2C[C@@H]1C(C)(C)C(C(O)c1ccccc1)=C2C. The summed E-state index contributed by atoms with van der Waals surface area (Å²) in [5.74, 6) is 0.282. The van der Waals surface area contributed by atoms with Crippen LogP contribution >= 0.6 is 0 Å². The second-order valence-corrected chi connectivity index (χ2v) is 6.70. The second kappa shape index (κ2) is 5.24. The lowest BCUT2D eigenvalue weighted by Gasteiger charge is -2.41. The van der Waals surface area contributed by atoms with E-state index in [-0.39, 0.29) is 23.7 Å². The molecule has 1 N–H and O–H groups in total. The highest BCUT2D eigenvalue weighted by atomic mass is 16.7. The van der Waals surface area contributed by atoms with Gasteiger partial charge in [0.25, 0.3) is 0 Å². The van der Waals surface area contributed by atoms with Gasteiger partial charge in [0.15, 0.2) is 6.29 Å². The minimum atomic E-state index is -0.578. The van der Waals surface area contributed by atoms with Crippen LogP contribution < -0.4 is 0 Å². The molecule has 1 saturated heterocycles. The van der Waals surface area contributed by atoms with Gasteiger partial charge in [0.1, 0.15) is 6.10 Å². The van der Waals surface area contributed by atoms with Crippen LogP contribution in [0.1, 0.15) is 38.9 Å². The largest absolute Gasteiger partial charge is 0.384 e. The molecule has 1 aromatic rings. The summed E-state index contributed by atoms with van der Waals surface area (Å²) in [5.41, 5.74) is 3.05. The van der Waals surface area contributed by atoms with E-state index < -0.39 is 6.10 Å². The van der Waals surface area contributed by atoms with Crippen LogP contribution in [0.15, 0.2) is 41.5 Å². The van der Waals surface area contributed by atoms with Gasteiger partial charge < -0.3 is 14.6 Å². The topological polar surface area (TPSA) is 38.7 Å². The van der Waals surface area contributed by atoms with E-state index >= 15 is 0 Å². The Morgan fingerprint density at radius 2 is 1.95 bits per heavy atom. The Morgan fingerprint density at radius 3 is 2.57 bits per heavy atom. The normalized spacial score (nSPS) is 32.3. The molecule has 1 aromatic carbocycles. The first-order chi connectivity index (χ1) is 9.96. The Bertz CT molecular complexity index is 547. The number of fused-ring (bicyclic) bond motifs is 2. The molecule has 1 unspecified atom stereocenters. The summed E-state index contributed by atoms with van der Waals surface area (Å²) in [7, 11) is 1.70. The van der Waals surface area contributed by atoms with E-state index in [1.165, 1.54) is 0 Å². The van der Waals surface area contributed by atoms with Gasteiger partial charge in [-0.2, -0.15) is 0 Å². The van der Waals surface area contributed by atoms with Gasteiger partial charge in [-0.3, -0.25) is 0 Å². The lowest BCUT2D eigenvalue weighted by atomic mass is 9.63. The van der Waals surface area contributed by atoms with E-state index in [4.69, 9.17) is 9.47 Å². The molecule has 3 heteroatoms. The minimum Gasteiger partial charge on any atom is -0.384 e. The smallest absolute Gasteiger partial charge is 0.161 e. The third-order valence-electron chi connectivity index (χ3n) is 5.24. The van der Waals surface area contributed by atoms with Crippen LogP contribution in [0.25, 0.3) is 0 Å². The number of ether oxygens (including phenoxy) is 2. The highest BCUT2D eigenvalue weighted by Crippen LogP contribution is 2.55. The predicted octanol–water partition coefficient (Wildman–Crippen LogP) is 3.45. The Hall–Kier alpha value is -1.16. The summed E-state index contributed by atoms with van der Waals surface area (Å²) in [4.78, 5) is 0. The van der Waals surface area contributed by atoms with E-state index in [1.54, 1.807) is 7.11 Å². The molecular weight excluding hydrogens is 264 g/mol. The molecule has 0 saturated carbocycles. The zero-order valence-electron chi connectivity index (χ0n) is 13.2. The minimum absolute atomic E-state index is 0.0707. The first-order valence-corrected chi connectivity index (χ1v) is 7.59. The summed E-state index contributed by atoms with van der Waals surface area (Å²) in [6, 6.07) is 9.86. The highest BCUT2D eigenvalue weighted by molar-refractivity contribution is 5.37. The van der Waals surface area contributed by atoms with Gasteiger partial charge in [-0.25, -0.2) is 0 Å². The summed E-state index contributed by atoms with van der Waals surface area (Å²) in [6.45, 7) is 6.47. The molecule has 1 aliphatic carbocycles. The number of hydrogen-bond donors (Lipinski definition) is 1. The van der Waals surface area contributed by atoms with Crippen molar-refractivity contribution in [2.24, 2.45) is 11.3 Å². The maximum Gasteiger partial charge on any atom is 0.161 e. The second-order valence-electron chi connectivity index (χ2n) is 6.70. The Balaban J connectivity index is 2.03. The van der Waals surface area contributed by atoms with Gasteiger partial charge >= 0.3 is 0 Å². The van der Waals surface area contributed by atoms with Gasteiger partial charge in [0, 0.05) is 13.0 Å². The van der Waals surface area contributed by atoms with Gasteiger partial charge in [-0.05, 0) is 35.5 Å². The molecule has 1 fully saturated rings. The van der Waals surface area contributed by atoms with Crippen molar-refractivity contribution in [1.82, 2.24) is 0 Å². The first kappa shape index (κ1) is 14.8. The van der Waals surface area contributed by atoms with Crippen molar-refractivity contribution in [3.63, 3.8) is 0 Å². The molecule has 0 spiro atoms. The maximum absolute atomic E-state index is 10.9. The maximum atomic E-state index is 10.9. The lowest BCUT2D eigenvalue weighted by Crippen LogP contribution is -2.37. The van der Waals surface area contributed by atoms with Crippen molar-refractivity contribution in [3.8, 4) is 0 Å². The molecule has 0 aromatic heterocycles. The fraction of sp³-hybridized carbons (Fsp3) is 0.556. The Labute approximate surface area is 126 Å². The molecule has 3 rings (SSSR count). The lowest BCUT2D eigenvalue weighted by molar-refractivity contribution is -0.133. The van der Waals surface area contributed by atoms with Gasteiger partial charge in [0.2, 0.25) is 0 Å². The van der Waals surface area contributed by atoms with Gasteiger partial charge in [0.05, 0.1) is 6.10 Å². The van der Waals surface area contributed by atoms with E-state index in [2.05, 4.69) is 20.8 Å². The average Bonchev–Trinajstić information content (AvgIpc) is 2.89. The van der Waals surface area contributed by atoms with Crippen molar-refractivity contribution in [2.45, 2.75) is 45.7 Å². The summed E-state index contributed by atoms with van der Waals surface area (Å²) in [6.07, 6.45) is 0.287. The van der Waals surface area contributed by atoms with Crippen LogP contribution in [-0.4, -0.2) is 24.6 Å². The number of aliphatic hydroxyl groups excluding tert-OH is 1. The number of aliphatic hydroxyl groups is 1. The van der Waals surface area contributed by atoms with Crippen molar-refractivity contribution in [3.05, 3.63) is 47.0 Å². The quantitative estimate of drug-likeness (QED) is 0.866. The first-order valence-electron chi connectivity index (χ1n) is 7.59. The zero-order valence-corrected chi connectivity index (χ0v) is 13.2. The van der Waals surface area contributed by atoms with Crippen LogP contribution in [0.5, 0.6) is 0 Å². The standard InChI is InChI=1S/C18H24O3/c1-11-14-10-13(17(20-4)21-14)18(2,3)15(11)16(19)12-8-6-5-7-9-12/h5-9,13-14,16-17,19H,10H2,1-4H3/t13-,14-,16?,17-/m0/s1. The fourth-order valence-electron chi connectivity index (χ4n) is 4.04. The Kier molecular flexibility index (Phi) is 3.68. The molecule has 1 heterocycles. The van der Waals surface area contributed by atoms with Crippen LogP contribution in [0, 0.1) is 11.3 Å². The van der Waals surface area contributed by atoms with Crippen molar-refractivity contribution in [2.75, 3.05) is 7.11 Å². The van der Waals surface area contributed by atoms with Crippen LogP contribution in [0.2, 0.25) is 0 Å². The van der Waals surface area contributed by atoms with Crippen molar-refractivity contribution in [1.29, 1.82) is 0 Å². The fourth-order valence-corrected chi connectivity index (χ4v) is 4.04. The molecular formula is C18H24O3. The molecule has 114 valence electrons. The number of rotatable bonds is 3. The third-order valence-corrected chi connectivity index (χ3v) is 5.24. The monoisotopic (exact) mass is 288 g/mol. The predicted molar refractivity (Wildman–Crippen MR) is 81.7 cm³/mol. The molecule has 1 aliphatic heterocycles. The van der Waals surface area contributed by atoms with Crippen molar-refractivity contribution < 1.29 is 14.6 Å². The number of methoxy groups -OCH3 is 1. The van der Waals surface area contributed by atoms with E-state index in [1.807, 2.05) is 30.3 Å².